The molecule has 2 nitrogen and oxygen atoms in total. The first-order valence-corrected chi connectivity index (χ1v) is 22.9. The Labute approximate surface area is 304 Å². The van der Waals surface area contributed by atoms with Crippen LogP contribution in [0.1, 0.15) is 265 Å². The van der Waals surface area contributed by atoms with Gasteiger partial charge in [-0.2, -0.15) is 0 Å². The minimum atomic E-state index is 0.415. The van der Waals surface area contributed by atoms with Gasteiger partial charge in [0, 0.05) is 12.1 Å². The fraction of sp³-hybridized carbons (Fsp3) is 1.00. The summed E-state index contributed by atoms with van der Waals surface area (Å²) in [4.78, 5) is 0. The summed E-state index contributed by atoms with van der Waals surface area (Å²) in [5, 5.41) is 0. The summed E-state index contributed by atoms with van der Waals surface area (Å²) < 4.78 is 0. The van der Waals surface area contributed by atoms with Crippen LogP contribution in [0.4, 0.5) is 0 Å². The SMILES string of the molecule is CCCCCCCCC(N)CCCC1(C(C)(CCCCCCCC)C2(CCCC(N)CCCCCCCC)CCCCC2)CCCCC1. The molecule has 2 atom stereocenters. The normalized spacial score (nSPS) is 20.4. The highest BCUT2D eigenvalue weighted by Crippen LogP contribution is 2.67. The maximum Gasteiger partial charge on any atom is 0.00388 e. The van der Waals surface area contributed by atoms with E-state index in [1.165, 1.54) is 238 Å². The summed E-state index contributed by atoms with van der Waals surface area (Å²) in [5.41, 5.74) is 15.2. The first-order valence-electron chi connectivity index (χ1n) is 22.9. The van der Waals surface area contributed by atoms with Crippen molar-refractivity contribution in [3.05, 3.63) is 0 Å². The van der Waals surface area contributed by atoms with E-state index >= 15 is 0 Å². The van der Waals surface area contributed by atoms with Crippen LogP contribution in [0.3, 0.4) is 0 Å². The molecule has 2 saturated carbocycles. The molecule has 2 rings (SSSR count). The van der Waals surface area contributed by atoms with Gasteiger partial charge in [0.25, 0.3) is 0 Å². The Hall–Kier alpha value is -0.0800. The highest BCUT2D eigenvalue weighted by atomic mass is 14.7. The first kappa shape index (κ1) is 44.1. The third kappa shape index (κ3) is 15.7. The fourth-order valence-corrected chi connectivity index (χ4v) is 11.0. The van der Waals surface area contributed by atoms with E-state index in [-0.39, 0.29) is 0 Å². The van der Waals surface area contributed by atoms with Gasteiger partial charge in [-0.25, -0.2) is 0 Å². The van der Waals surface area contributed by atoms with Crippen molar-refractivity contribution in [1.82, 2.24) is 0 Å². The summed E-state index contributed by atoms with van der Waals surface area (Å²) in [5.74, 6) is 0. The maximum atomic E-state index is 6.84. The maximum absolute atomic E-state index is 6.84. The van der Waals surface area contributed by atoms with Crippen molar-refractivity contribution in [1.29, 1.82) is 0 Å². The third-order valence-electron chi connectivity index (χ3n) is 14.3. The van der Waals surface area contributed by atoms with Crippen molar-refractivity contribution in [3.63, 3.8) is 0 Å². The number of nitrogens with two attached hydrogens (primary N) is 2. The summed E-state index contributed by atoms with van der Waals surface area (Å²) in [6.45, 7) is 9.88. The van der Waals surface area contributed by atoms with Crippen molar-refractivity contribution < 1.29 is 0 Å². The average Bonchev–Trinajstić information content (AvgIpc) is 3.10. The van der Waals surface area contributed by atoms with Gasteiger partial charge >= 0.3 is 0 Å². The lowest BCUT2D eigenvalue weighted by molar-refractivity contribution is -0.132. The summed E-state index contributed by atoms with van der Waals surface area (Å²) in [6, 6.07) is 0.830. The molecule has 0 aromatic rings. The highest BCUT2D eigenvalue weighted by molar-refractivity contribution is 5.08. The van der Waals surface area contributed by atoms with Gasteiger partial charge in [-0.05, 0) is 86.9 Å². The Morgan fingerprint density at radius 2 is 0.729 bits per heavy atom. The second-order valence-electron chi connectivity index (χ2n) is 17.9. The average molecular weight is 673 g/mol. The van der Waals surface area contributed by atoms with Gasteiger partial charge in [0.05, 0.1) is 0 Å². The highest BCUT2D eigenvalue weighted by Gasteiger charge is 2.58. The molecule has 2 heteroatoms. The molecular formula is C46H92N2. The predicted octanol–water partition coefficient (Wildman–Crippen LogP) is 15.1. The van der Waals surface area contributed by atoms with E-state index in [4.69, 9.17) is 11.5 Å². The topological polar surface area (TPSA) is 52.0 Å². The third-order valence-corrected chi connectivity index (χ3v) is 14.3. The molecule has 2 aliphatic rings. The van der Waals surface area contributed by atoms with Crippen LogP contribution in [0.15, 0.2) is 0 Å². The lowest BCUT2D eigenvalue weighted by Gasteiger charge is -2.63. The van der Waals surface area contributed by atoms with Crippen molar-refractivity contribution in [3.8, 4) is 0 Å². The van der Waals surface area contributed by atoms with E-state index in [2.05, 4.69) is 27.7 Å². The van der Waals surface area contributed by atoms with Crippen LogP contribution in [0, 0.1) is 16.2 Å². The molecule has 0 amide bonds. The molecule has 2 aliphatic carbocycles. The molecule has 0 radical (unpaired) electrons. The quantitative estimate of drug-likeness (QED) is 0.0720. The Bertz CT molecular complexity index is 668. The molecule has 0 spiro atoms. The van der Waals surface area contributed by atoms with Crippen molar-refractivity contribution in [2.45, 2.75) is 277 Å². The Balaban J connectivity index is 2.14. The van der Waals surface area contributed by atoms with Crippen molar-refractivity contribution >= 4 is 0 Å². The number of hydrogen-bond acceptors (Lipinski definition) is 2. The molecule has 286 valence electrons. The molecule has 0 aromatic heterocycles. The molecule has 48 heavy (non-hydrogen) atoms. The van der Waals surface area contributed by atoms with E-state index in [0.29, 0.717) is 28.3 Å². The largest absolute Gasteiger partial charge is 0.328 e. The molecule has 0 heterocycles. The van der Waals surface area contributed by atoms with Crippen LogP contribution >= 0.6 is 0 Å². The molecule has 2 unspecified atom stereocenters. The van der Waals surface area contributed by atoms with Crippen LogP contribution in [-0.4, -0.2) is 12.1 Å². The summed E-state index contributed by atoms with van der Waals surface area (Å²) >= 11 is 0. The minimum Gasteiger partial charge on any atom is -0.328 e. The zero-order valence-corrected chi connectivity index (χ0v) is 34.0. The molecule has 0 aliphatic heterocycles. The van der Waals surface area contributed by atoms with Crippen LogP contribution in [0.2, 0.25) is 0 Å². The van der Waals surface area contributed by atoms with Crippen molar-refractivity contribution in [2.75, 3.05) is 0 Å². The Kier molecular flexibility index (Phi) is 24.5. The van der Waals surface area contributed by atoms with Gasteiger partial charge in [0.1, 0.15) is 0 Å². The Morgan fingerprint density at radius 3 is 1.10 bits per heavy atom. The summed E-state index contributed by atoms with van der Waals surface area (Å²) in [7, 11) is 0. The lowest BCUT2D eigenvalue weighted by atomic mass is 9.42. The molecule has 2 fully saturated rings. The van der Waals surface area contributed by atoms with Gasteiger partial charge in [-0.1, -0.05) is 195 Å². The second kappa shape index (κ2) is 26.7. The van der Waals surface area contributed by atoms with Crippen LogP contribution in [0.25, 0.3) is 0 Å². The Morgan fingerprint density at radius 1 is 0.417 bits per heavy atom. The van der Waals surface area contributed by atoms with Crippen LogP contribution in [0.5, 0.6) is 0 Å². The second-order valence-corrected chi connectivity index (χ2v) is 17.9. The number of rotatable bonds is 31. The van der Waals surface area contributed by atoms with E-state index in [0.717, 1.165) is 0 Å². The molecule has 0 saturated heterocycles. The zero-order valence-electron chi connectivity index (χ0n) is 34.0. The minimum absolute atomic E-state index is 0.415. The van der Waals surface area contributed by atoms with Gasteiger partial charge in [0.2, 0.25) is 0 Å². The van der Waals surface area contributed by atoms with E-state index in [1.54, 1.807) is 0 Å². The number of unbranched alkanes of at least 4 members (excludes halogenated alkanes) is 15. The van der Waals surface area contributed by atoms with Crippen LogP contribution in [-0.2, 0) is 0 Å². The zero-order chi connectivity index (χ0) is 34.8. The van der Waals surface area contributed by atoms with Gasteiger partial charge in [-0.3, -0.25) is 0 Å². The van der Waals surface area contributed by atoms with E-state index < -0.39 is 0 Å². The number of hydrogen-bond donors (Lipinski definition) is 2. The smallest absolute Gasteiger partial charge is 0.00388 e. The summed E-state index contributed by atoms with van der Waals surface area (Å²) in [6.07, 6.45) is 52.0. The van der Waals surface area contributed by atoms with Crippen molar-refractivity contribution in [2.24, 2.45) is 27.7 Å². The predicted molar refractivity (Wildman–Crippen MR) is 217 cm³/mol. The van der Waals surface area contributed by atoms with E-state index in [1.807, 2.05) is 0 Å². The first-order chi connectivity index (χ1) is 23.4. The standard InChI is InChI=1S/C46H92N2/c1-5-8-11-14-17-22-31-42(47)33-29-40-45(36-25-20-26-37-45)44(4,35-24-19-16-13-10-7-3)46(38-27-21-28-39-46)41-30-34-43(48)32-23-18-15-12-9-6-2/h42-43H,5-41,47-48H2,1-4H3. The molecular weight excluding hydrogens is 581 g/mol. The lowest BCUT2D eigenvalue weighted by Crippen LogP contribution is -2.54. The van der Waals surface area contributed by atoms with Gasteiger partial charge < -0.3 is 11.5 Å². The molecule has 4 N–H and O–H groups in total. The van der Waals surface area contributed by atoms with Gasteiger partial charge in [0.15, 0.2) is 0 Å². The fourth-order valence-electron chi connectivity index (χ4n) is 11.0. The molecule has 0 aromatic carbocycles. The van der Waals surface area contributed by atoms with E-state index in [9.17, 15) is 0 Å². The monoisotopic (exact) mass is 673 g/mol. The molecule has 0 bridgehead atoms. The van der Waals surface area contributed by atoms with Gasteiger partial charge in [-0.15, -0.1) is 0 Å². The van der Waals surface area contributed by atoms with Crippen LogP contribution < -0.4 is 11.5 Å².